The maximum Gasteiger partial charge on any atom is 0.320 e. The summed E-state index contributed by atoms with van der Waals surface area (Å²) in [6, 6.07) is 1.40. The van der Waals surface area contributed by atoms with E-state index in [2.05, 4.69) is 0 Å². The number of nitrogens with zero attached hydrogens (tertiary/aromatic N) is 2. The average molecular weight is 306 g/mol. The average Bonchev–Trinajstić information content (AvgIpc) is 3.03. The quantitative estimate of drug-likeness (QED) is 0.898. The van der Waals surface area contributed by atoms with Gasteiger partial charge < -0.3 is 14.4 Å². The number of aryl methyl sites for hydroxylation is 1. The molecular weight excluding hydrogens is 284 g/mol. The minimum Gasteiger partial charge on any atom is -0.480 e. The highest BCUT2D eigenvalue weighted by molar-refractivity contribution is 5.92. The van der Waals surface area contributed by atoms with Gasteiger partial charge in [0.15, 0.2) is 5.76 Å². The Morgan fingerprint density at radius 3 is 2.55 bits per heavy atom. The fourth-order valence-corrected chi connectivity index (χ4v) is 3.83. The van der Waals surface area contributed by atoms with Crippen LogP contribution < -0.4 is 0 Å². The standard InChI is InChI=1S/C16H22N2O4/c1-11-3-8-22-13(11)14(19)18-6-4-16(5-7-18)9-12(15(20)21)17(2)10-16/h3,8,12H,4-7,9-10H2,1-2H3,(H,20,21)/t12-/m0/s1. The van der Waals surface area contributed by atoms with Crippen molar-refractivity contribution in [1.29, 1.82) is 0 Å². The third kappa shape index (κ3) is 2.52. The van der Waals surface area contributed by atoms with Crippen molar-refractivity contribution in [2.24, 2.45) is 5.41 Å². The maximum atomic E-state index is 12.4. The van der Waals surface area contributed by atoms with Gasteiger partial charge in [0, 0.05) is 25.2 Å². The first-order chi connectivity index (χ1) is 10.4. The number of rotatable bonds is 2. The van der Waals surface area contributed by atoms with Gasteiger partial charge in [-0.05, 0) is 44.7 Å². The number of hydrogen-bond acceptors (Lipinski definition) is 4. The zero-order chi connectivity index (χ0) is 15.9. The Kier molecular flexibility index (Phi) is 3.72. The second kappa shape index (κ2) is 5.43. The molecule has 2 aliphatic rings. The minimum absolute atomic E-state index is 0.0345. The number of likely N-dealkylation sites (tertiary alicyclic amines) is 2. The number of amides is 1. The van der Waals surface area contributed by atoms with E-state index in [0.717, 1.165) is 24.9 Å². The van der Waals surface area contributed by atoms with Crippen molar-refractivity contribution in [3.8, 4) is 0 Å². The molecule has 0 aromatic carbocycles. The third-order valence-electron chi connectivity index (χ3n) is 5.20. The van der Waals surface area contributed by atoms with Crippen LogP contribution in [-0.4, -0.2) is 59.5 Å². The lowest BCUT2D eigenvalue weighted by atomic mass is 9.76. The first-order valence-corrected chi connectivity index (χ1v) is 7.68. The Balaban J connectivity index is 1.65. The van der Waals surface area contributed by atoms with E-state index in [1.54, 1.807) is 6.07 Å². The predicted octanol–water partition coefficient (Wildman–Crippen LogP) is 1.60. The number of carbonyl (C=O) groups excluding carboxylic acids is 1. The monoisotopic (exact) mass is 306 g/mol. The Bertz CT molecular complexity index is 587. The largest absolute Gasteiger partial charge is 0.480 e. The van der Waals surface area contributed by atoms with Crippen molar-refractivity contribution in [2.45, 2.75) is 32.2 Å². The highest BCUT2D eigenvalue weighted by Crippen LogP contribution is 2.43. The fourth-order valence-electron chi connectivity index (χ4n) is 3.83. The molecule has 6 heteroatoms. The maximum absolute atomic E-state index is 12.4. The number of furan rings is 1. The molecule has 3 heterocycles. The fraction of sp³-hybridized carbons (Fsp3) is 0.625. The van der Waals surface area contributed by atoms with Crippen LogP contribution in [0.1, 0.15) is 35.4 Å². The molecule has 1 atom stereocenters. The van der Waals surface area contributed by atoms with Crippen LogP contribution in [0.2, 0.25) is 0 Å². The van der Waals surface area contributed by atoms with Crippen molar-refractivity contribution in [2.75, 3.05) is 26.7 Å². The smallest absolute Gasteiger partial charge is 0.320 e. The van der Waals surface area contributed by atoms with Gasteiger partial charge in [-0.25, -0.2) is 0 Å². The summed E-state index contributed by atoms with van der Waals surface area (Å²) in [6.45, 7) is 4.00. The summed E-state index contributed by atoms with van der Waals surface area (Å²) in [5.41, 5.74) is 0.893. The van der Waals surface area contributed by atoms with Gasteiger partial charge in [-0.1, -0.05) is 0 Å². The van der Waals surface area contributed by atoms with Crippen LogP contribution in [0.15, 0.2) is 16.7 Å². The van der Waals surface area contributed by atoms with Crippen molar-refractivity contribution in [1.82, 2.24) is 9.80 Å². The number of hydrogen-bond donors (Lipinski definition) is 1. The molecule has 1 aromatic rings. The summed E-state index contributed by atoms with van der Waals surface area (Å²) in [4.78, 5) is 27.5. The lowest BCUT2D eigenvalue weighted by molar-refractivity contribution is -0.141. The Morgan fingerprint density at radius 2 is 2.05 bits per heavy atom. The number of piperidine rings is 1. The highest BCUT2D eigenvalue weighted by Gasteiger charge is 2.47. The van der Waals surface area contributed by atoms with Gasteiger partial charge in [-0.15, -0.1) is 0 Å². The molecule has 1 N–H and O–H groups in total. The van der Waals surface area contributed by atoms with E-state index in [1.807, 2.05) is 23.8 Å². The van der Waals surface area contributed by atoms with Gasteiger partial charge in [-0.3, -0.25) is 14.5 Å². The predicted molar refractivity (Wildman–Crippen MR) is 79.7 cm³/mol. The second-order valence-electron chi connectivity index (χ2n) is 6.70. The van der Waals surface area contributed by atoms with Gasteiger partial charge in [-0.2, -0.15) is 0 Å². The van der Waals surface area contributed by atoms with Crippen LogP contribution in [0.3, 0.4) is 0 Å². The number of carboxylic acids is 1. The third-order valence-corrected chi connectivity index (χ3v) is 5.20. The normalized spacial score (nSPS) is 24.8. The molecule has 120 valence electrons. The molecule has 0 saturated carbocycles. The van der Waals surface area contributed by atoms with Crippen LogP contribution >= 0.6 is 0 Å². The van der Waals surface area contributed by atoms with E-state index in [0.29, 0.717) is 25.3 Å². The Morgan fingerprint density at radius 1 is 1.36 bits per heavy atom. The molecule has 2 aliphatic heterocycles. The van der Waals surface area contributed by atoms with E-state index in [9.17, 15) is 14.7 Å². The molecule has 6 nitrogen and oxygen atoms in total. The molecular formula is C16H22N2O4. The summed E-state index contributed by atoms with van der Waals surface area (Å²) >= 11 is 0. The van der Waals surface area contributed by atoms with Crippen LogP contribution in [0.5, 0.6) is 0 Å². The van der Waals surface area contributed by atoms with Crippen LogP contribution in [0.4, 0.5) is 0 Å². The molecule has 22 heavy (non-hydrogen) atoms. The van der Waals surface area contributed by atoms with E-state index < -0.39 is 12.0 Å². The van der Waals surface area contributed by atoms with Gasteiger partial charge in [0.05, 0.1) is 6.26 Å². The highest BCUT2D eigenvalue weighted by atomic mass is 16.4. The van der Waals surface area contributed by atoms with Crippen LogP contribution in [0.25, 0.3) is 0 Å². The SMILES string of the molecule is Cc1ccoc1C(=O)N1CCC2(CC1)C[C@@H](C(=O)O)N(C)C2. The second-order valence-corrected chi connectivity index (χ2v) is 6.70. The molecule has 1 spiro atoms. The van der Waals surface area contributed by atoms with E-state index in [1.165, 1.54) is 6.26 Å². The molecule has 2 saturated heterocycles. The molecule has 1 amide bonds. The van der Waals surface area contributed by atoms with E-state index >= 15 is 0 Å². The first-order valence-electron chi connectivity index (χ1n) is 7.68. The zero-order valence-electron chi connectivity index (χ0n) is 13.0. The lowest BCUT2D eigenvalue weighted by Crippen LogP contribution is -2.44. The van der Waals surface area contributed by atoms with Gasteiger partial charge in [0.1, 0.15) is 6.04 Å². The summed E-state index contributed by atoms with van der Waals surface area (Å²) in [5, 5.41) is 9.27. The molecule has 0 unspecified atom stereocenters. The first kappa shape index (κ1) is 15.1. The minimum atomic E-state index is -0.746. The topological polar surface area (TPSA) is 74.0 Å². The molecule has 0 aliphatic carbocycles. The summed E-state index contributed by atoms with van der Waals surface area (Å²) < 4.78 is 5.28. The molecule has 3 rings (SSSR count). The summed E-state index contributed by atoms with van der Waals surface area (Å²) in [5.74, 6) is -0.384. The van der Waals surface area contributed by atoms with Crippen LogP contribution in [-0.2, 0) is 4.79 Å². The van der Waals surface area contributed by atoms with Gasteiger partial charge in [0.25, 0.3) is 5.91 Å². The molecule has 0 bridgehead atoms. The molecule has 0 radical (unpaired) electrons. The van der Waals surface area contributed by atoms with Gasteiger partial charge >= 0.3 is 5.97 Å². The van der Waals surface area contributed by atoms with Crippen molar-refractivity contribution >= 4 is 11.9 Å². The molecule has 2 fully saturated rings. The number of carboxylic acid groups (broad SMARTS) is 1. The number of likely N-dealkylation sites (N-methyl/N-ethyl adjacent to an activating group) is 1. The van der Waals surface area contributed by atoms with E-state index in [4.69, 9.17) is 4.42 Å². The Hall–Kier alpha value is -1.82. The Labute approximate surface area is 129 Å². The van der Waals surface area contributed by atoms with Crippen LogP contribution in [0, 0.1) is 12.3 Å². The number of aliphatic carboxylic acids is 1. The molecule has 1 aromatic heterocycles. The zero-order valence-corrected chi connectivity index (χ0v) is 13.0. The summed E-state index contributed by atoms with van der Waals surface area (Å²) in [6.07, 6.45) is 3.93. The number of carbonyl (C=O) groups is 2. The van der Waals surface area contributed by atoms with E-state index in [-0.39, 0.29) is 11.3 Å². The van der Waals surface area contributed by atoms with Crippen molar-refractivity contribution in [3.63, 3.8) is 0 Å². The van der Waals surface area contributed by atoms with Crippen molar-refractivity contribution < 1.29 is 19.1 Å². The van der Waals surface area contributed by atoms with Crippen molar-refractivity contribution in [3.05, 3.63) is 23.7 Å². The lowest BCUT2D eigenvalue weighted by Gasteiger charge is -2.39. The van der Waals surface area contributed by atoms with Gasteiger partial charge in [0.2, 0.25) is 0 Å². The summed E-state index contributed by atoms with van der Waals surface area (Å²) in [7, 11) is 1.87.